The molecule has 0 radical (unpaired) electrons. The van der Waals surface area contributed by atoms with Crippen LogP contribution >= 0.6 is 12.4 Å². The van der Waals surface area contributed by atoms with Crippen LogP contribution in [0.3, 0.4) is 0 Å². The highest BCUT2D eigenvalue weighted by molar-refractivity contribution is 5.88. The Kier molecular flexibility index (Phi) is 5.95. The lowest BCUT2D eigenvalue weighted by atomic mass is 10.1. The molecule has 2 aromatic heterocycles. The summed E-state index contributed by atoms with van der Waals surface area (Å²) in [7, 11) is 2.17. The lowest BCUT2D eigenvalue weighted by Gasteiger charge is -2.33. The third kappa shape index (κ3) is 3.66. The second kappa shape index (κ2) is 8.49. The molecule has 3 aromatic rings. The summed E-state index contributed by atoms with van der Waals surface area (Å²) in [5, 5.41) is 0. The molecule has 1 atom stereocenters. The van der Waals surface area contributed by atoms with Gasteiger partial charge >= 0.3 is 0 Å². The van der Waals surface area contributed by atoms with Crippen LogP contribution in [-0.2, 0) is 4.74 Å². The van der Waals surface area contributed by atoms with E-state index >= 15 is 0 Å². The van der Waals surface area contributed by atoms with Crippen molar-refractivity contribution in [3.63, 3.8) is 0 Å². The zero-order valence-corrected chi connectivity index (χ0v) is 18.7. The monoisotopic (exact) mass is 428 g/mol. The van der Waals surface area contributed by atoms with Crippen LogP contribution < -0.4 is 4.90 Å². The SMILES string of the molecule is Cc1nc(N2CCN(C)CC2)c2nc(-c3ccccc3C)n(C3CCOC3)c2n1.Cl. The minimum atomic E-state index is 0. The Morgan fingerprint density at radius 1 is 1.00 bits per heavy atom. The van der Waals surface area contributed by atoms with Crippen LogP contribution in [0.2, 0.25) is 0 Å². The van der Waals surface area contributed by atoms with Crippen molar-refractivity contribution < 1.29 is 4.74 Å². The molecule has 5 rings (SSSR count). The minimum absolute atomic E-state index is 0. The molecule has 0 amide bonds. The molecule has 8 heteroatoms. The first-order valence-corrected chi connectivity index (χ1v) is 10.5. The van der Waals surface area contributed by atoms with E-state index in [1.54, 1.807) is 0 Å². The van der Waals surface area contributed by atoms with Crippen molar-refractivity contribution >= 4 is 29.4 Å². The molecule has 0 bridgehead atoms. The Labute approximate surface area is 183 Å². The number of aryl methyl sites for hydroxylation is 2. The van der Waals surface area contributed by atoms with Gasteiger partial charge in [0.25, 0.3) is 0 Å². The molecule has 2 fully saturated rings. The fourth-order valence-electron chi connectivity index (χ4n) is 4.39. The quantitative estimate of drug-likeness (QED) is 0.638. The number of ether oxygens (including phenoxy) is 1. The summed E-state index contributed by atoms with van der Waals surface area (Å²) >= 11 is 0. The summed E-state index contributed by atoms with van der Waals surface area (Å²) in [4.78, 5) is 19.6. The van der Waals surface area contributed by atoms with E-state index in [0.717, 1.165) is 73.4 Å². The Hall–Kier alpha value is -2.22. The molecule has 0 N–H and O–H groups in total. The summed E-state index contributed by atoms with van der Waals surface area (Å²) in [6, 6.07) is 8.70. The van der Waals surface area contributed by atoms with E-state index in [4.69, 9.17) is 19.7 Å². The second-order valence-corrected chi connectivity index (χ2v) is 8.19. The maximum absolute atomic E-state index is 5.73. The zero-order chi connectivity index (χ0) is 20.0. The van der Waals surface area contributed by atoms with Gasteiger partial charge in [-0.25, -0.2) is 15.0 Å². The molecule has 160 valence electrons. The Balaban J connectivity index is 0.00000218. The highest BCUT2D eigenvalue weighted by atomic mass is 35.5. The molecule has 2 saturated heterocycles. The van der Waals surface area contributed by atoms with E-state index in [2.05, 4.69) is 52.6 Å². The van der Waals surface area contributed by atoms with Gasteiger partial charge in [0.15, 0.2) is 17.0 Å². The molecule has 30 heavy (non-hydrogen) atoms. The average molecular weight is 429 g/mol. The lowest BCUT2D eigenvalue weighted by Crippen LogP contribution is -2.45. The molecular weight excluding hydrogens is 400 g/mol. The number of aromatic nitrogens is 4. The van der Waals surface area contributed by atoms with Crippen molar-refractivity contribution in [2.45, 2.75) is 26.3 Å². The third-order valence-corrected chi connectivity index (χ3v) is 6.09. The lowest BCUT2D eigenvalue weighted by molar-refractivity contribution is 0.187. The largest absolute Gasteiger partial charge is 0.379 e. The second-order valence-electron chi connectivity index (χ2n) is 8.19. The van der Waals surface area contributed by atoms with Crippen LogP contribution in [-0.4, -0.2) is 70.9 Å². The van der Waals surface area contributed by atoms with Gasteiger partial charge in [-0.05, 0) is 32.9 Å². The Bertz CT molecular complexity index is 1040. The maximum atomic E-state index is 5.73. The van der Waals surface area contributed by atoms with Crippen LogP contribution in [0.25, 0.3) is 22.6 Å². The van der Waals surface area contributed by atoms with E-state index in [-0.39, 0.29) is 18.4 Å². The number of rotatable bonds is 3. The summed E-state index contributed by atoms with van der Waals surface area (Å²) in [6.07, 6.45) is 0.983. The van der Waals surface area contributed by atoms with Gasteiger partial charge in [-0.2, -0.15) is 0 Å². The Morgan fingerprint density at radius 3 is 2.47 bits per heavy atom. The van der Waals surface area contributed by atoms with Gasteiger partial charge in [0, 0.05) is 38.3 Å². The van der Waals surface area contributed by atoms with E-state index < -0.39 is 0 Å². The number of imidazole rings is 1. The molecule has 1 unspecified atom stereocenters. The molecule has 4 heterocycles. The van der Waals surface area contributed by atoms with Crippen LogP contribution in [0.5, 0.6) is 0 Å². The normalized spacial score (nSPS) is 20.0. The van der Waals surface area contributed by atoms with Gasteiger partial charge in [0.1, 0.15) is 11.6 Å². The third-order valence-electron chi connectivity index (χ3n) is 6.09. The average Bonchev–Trinajstić information content (AvgIpc) is 3.36. The summed E-state index contributed by atoms with van der Waals surface area (Å²) in [5.74, 6) is 2.74. The fraction of sp³-hybridized carbons (Fsp3) is 0.500. The number of anilines is 1. The van der Waals surface area contributed by atoms with Crippen LogP contribution in [0.15, 0.2) is 24.3 Å². The van der Waals surface area contributed by atoms with Crippen molar-refractivity contribution in [2.24, 2.45) is 0 Å². The first-order chi connectivity index (χ1) is 14.1. The van der Waals surface area contributed by atoms with Gasteiger partial charge in [0.2, 0.25) is 0 Å². The van der Waals surface area contributed by atoms with Crippen LogP contribution in [0, 0.1) is 13.8 Å². The number of fused-ring (bicyclic) bond motifs is 1. The topological polar surface area (TPSA) is 59.3 Å². The van der Waals surface area contributed by atoms with Crippen molar-refractivity contribution in [1.29, 1.82) is 0 Å². The van der Waals surface area contributed by atoms with Crippen molar-refractivity contribution in [1.82, 2.24) is 24.4 Å². The summed E-state index contributed by atoms with van der Waals surface area (Å²) in [6.45, 7) is 9.60. The van der Waals surface area contributed by atoms with Crippen molar-refractivity contribution in [2.75, 3.05) is 51.3 Å². The molecule has 0 aliphatic carbocycles. The number of benzene rings is 1. The number of likely N-dealkylation sites (N-methyl/N-ethyl adjacent to an activating group) is 1. The summed E-state index contributed by atoms with van der Waals surface area (Å²) in [5.41, 5.74) is 4.21. The highest BCUT2D eigenvalue weighted by Crippen LogP contribution is 2.35. The van der Waals surface area contributed by atoms with E-state index in [0.29, 0.717) is 6.61 Å². The molecule has 7 nitrogen and oxygen atoms in total. The number of piperazine rings is 1. The van der Waals surface area contributed by atoms with Gasteiger partial charge in [-0.3, -0.25) is 0 Å². The van der Waals surface area contributed by atoms with Crippen LogP contribution in [0.4, 0.5) is 5.82 Å². The molecular formula is C22H29ClN6O. The molecule has 0 saturated carbocycles. The van der Waals surface area contributed by atoms with Gasteiger partial charge < -0.3 is 19.1 Å². The number of nitrogens with zero attached hydrogens (tertiary/aromatic N) is 6. The Morgan fingerprint density at radius 2 is 1.77 bits per heavy atom. The smallest absolute Gasteiger partial charge is 0.166 e. The first kappa shape index (κ1) is 21.0. The van der Waals surface area contributed by atoms with Crippen molar-refractivity contribution in [3.8, 4) is 11.4 Å². The maximum Gasteiger partial charge on any atom is 0.166 e. The highest BCUT2D eigenvalue weighted by Gasteiger charge is 2.29. The van der Waals surface area contributed by atoms with Crippen LogP contribution in [0.1, 0.15) is 23.9 Å². The first-order valence-electron chi connectivity index (χ1n) is 10.5. The van der Waals surface area contributed by atoms with E-state index in [1.165, 1.54) is 5.56 Å². The molecule has 1 aromatic carbocycles. The number of hydrogen-bond donors (Lipinski definition) is 0. The van der Waals surface area contributed by atoms with E-state index in [1.807, 2.05) is 6.92 Å². The minimum Gasteiger partial charge on any atom is -0.379 e. The summed E-state index contributed by atoms with van der Waals surface area (Å²) < 4.78 is 8.04. The predicted octanol–water partition coefficient (Wildman–Crippen LogP) is 3.25. The molecule has 2 aliphatic heterocycles. The number of halogens is 1. The zero-order valence-electron chi connectivity index (χ0n) is 17.8. The molecule has 2 aliphatic rings. The predicted molar refractivity (Wildman–Crippen MR) is 122 cm³/mol. The standard InChI is InChI=1S/C22H28N6O.ClH/c1-15-6-4-5-7-18(15)20-25-19-21(27-11-9-26(3)10-12-27)23-16(2)24-22(19)28(20)17-8-13-29-14-17;/h4-7,17H,8-14H2,1-3H3;1H. The fourth-order valence-corrected chi connectivity index (χ4v) is 4.39. The number of hydrogen-bond acceptors (Lipinski definition) is 6. The van der Waals surface area contributed by atoms with Gasteiger partial charge in [0.05, 0.1) is 12.6 Å². The van der Waals surface area contributed by atoms with Gasteiger partial charge in [-0.15, -0.1) is 12.4 Å². The van der Waals surface area contributed by atoms with Crippen molar-refractivity contribution in [3.05, 3.63) is 35.7 Å². The molecule has 0 spiro atoms. The van der Waals surface area contributed by atoms with Gasteiger partial charge in [-0.1, -0.05) is 24.3 Å². The van der Waals surface area contributed by atoms with E-state index in [9.17, 15) is 0 Å².